The summed E-state index contributed by atoms with van der Waals surface area (Å²) in [5.41, 5.74) is 2.89. The highest BCUT2D eigenvalue weighted by Crippen LogP contribution is 2.45. The number of aliphatic hydroxyl groups is 1. The van der Waals surface area contributed by atoms with Gasteiger partial charge < -0.3 is 9.84 Å². The van der Waals surface area contributed by atoms with Crippen molar-refractivity contribution < 1.29 is 19.4 Å². The molecule has 0 radical (unpaired) electrons. The molecule has 8 heteroatoms. The molecular weight excluding hydrogens is 484 g/mol. The Morgan fingerprint density at radius 1 is 1.11 bits per heavy atom. The number of thiazole rings is 1. The lowest BCUT2D eigenvalue weighted by Crippen LogP contribution is -2.29. The lowest BCUT2D eigenvalue weighted by Gasteiger charge is -2.23. The van der Waals surface area contributed by atoms with Gasteiger partial charge in [0.1, 0.15) is 11.5 Å². The van der Waals surface area contributed by atoms with Gasteiger partial charge in [0, 0.05) is 10.6 Å². The highest BCUT2D eigenvalue weighted by Gasteiger charge is 2.48. The number of carbonyl (C=O) groups excluding carboxylic acids is 2. The summed E-state index contributed by atoms with van der Waals surface area (Å²) in [7, 11) is 1.54. The van der Waals surface area contributed by atoms with E-state index in [1.165, 1.54) is 16.2 Å². The van der Waals surface area contributed by atoms with Gasteiger partial charge in [-0.25, -0.2) is 4.98 Å². The molecule has 0 saturated carbocycles. The lowest BCUT2D eigenvalue weighted by atomic mass is 9.95. The topological polar surface area (TPSA) is 79.7 Å². The molecule has 0 bridgehead atoms. The molecular formula is C27H21ClN2O4S. The quantitative estimate of drug-likeness (QED) is 0.200. The zero-order chi connectivity index (χ0) is 24.7. The number of Topliss-reactive ketones (excluding diaryl/α,β-unsaturated/α-hetero) is 1. The van der Waals surface area contributed by atoms with E-state index in [-0.39, 0.29) is 11.3 Å². The third-order valence-corrected chi connectivity index (χ3v) is 7.30. The van der Waals surface area contributed by atoms with Gasteiger partial charge in [-0.1, -0.05) is 48.1 Å². The molecule has 6 nitrogen and oxygen atoms in total. The van der Waals surface area contributed by atoms with Gasteiger partial charge in [-0.05, 0) is 66.1 Å². The van der Waals surface area contributed by atoms with Crippen molar-refractivity contribution in [3.05, 3.63) is 94.0 Å². The summed E-state index contributed by atoms with van der Waals surface area (Å²) >= 11 is 7.34. The fourth-order valence-corrected chi connectivity index (χ4v) is 5.38. The third kappa shape index (κ3) is 4.07. The molecule has 3 aromatic carbocycles. The fourth-order valence-electron chi connectivity index (χ4n) is 4.20. The Hall–Kier alpha value is -3.68. The number of ketones is 1. The molecule has 1 aliphatic rings. The van der Waals surface area contributed by atoms with E-state index in [0.29, 0.717) is 27.0 Å². The van der Waals surface area contributed by atoms with E-state index in [2.05, 4.69) is 11.9 Å². The molecule has 2 heterocycles. The highest BCUT2D eigenvalue weighted by molar-refractivity contribution is 7.22. The van der Waals surface area contributed by atoms with Gasteiger partial charge in [0.15, 0.2) is 5.13 Å². The molecule has 4 aromatic rings. The molecule has 1 aliphatic heterocycles. The highest BCUT2D eigenvalue weighted by atomic mass is 35.5. The fraction of sp³-hybridized carbons (Fsp3) is 0.148. The number of fused-ring (bicyclic) bond motifs is 1. The standard InChI is InChI=1S/C27H21ClN2O4S/c1-3-15-7-12-20-21(13-15)35-27(29-20)30-23(17-5-4-6-19(14-17)34-2)22(25(32)26(30)33)24(31)16-8-10-18(28)11-9-16/h4-14,23,31H,3H2,1-2H3/b24-22+/t23-/m1/s1. The van der Waals surface area contributed by atoms with Crippen LogP contribution in [0.2, 0.25) is 5.02 Å². The number of aliphatic hydroxyl groups excluding tert-OH is 1. The van der Waals surface area contributed by atoms with E-state index in [1.807, 2.05) is 18.2 Å². The number of rotatable bonds is 5. The number of halogens is 1. The number of methoxy groups -OCH3 is 1. The molecule has 1 N–H and O–H groups in total. The van der Waals surface area contributed by atoms with Gasteiger partial charge >= 0.3 is 5.91 Å². The van der Waals surface area contributed by atoms with E-state index in [0.717, 1.165) is 22.2 Å². The van der Waals surface area contributed by atoms with Crippen LogP contribution in [0.4, 0.5) is 5.13 Å². The van der Waals surface area contributed by atoms with Crippen LogP contribution >= 0.6 is 22.9 Å². The first kappa shape index (κ1) is 23.1. The van der Waals surface area contributed by atoms with Crippen LogP contribution in [0.15, 0.2) is 72.3 Å². The Bertz CT molecular complexity index is 1490. The largest absolute Gasteiger partial charge is 0.507 e. The van der Waals surface area contributed by atoms with Crippen molar-refractivity contribution in [1.29, 1.82) is 0 Å². The first-order valence-corrected chi connectivity index (χ1v) is 12.2. The van der Waals surface area contributed by atoms with Gasteiger partial charge in [-0.2, -0.15) is 0 Å². The Kier molecular flexibility index (Phi) is 6.05. The summed E-state index contributed by atoms with van der Waals surface area (Å²) in [5.74, 6) is -1.23. The monoisotopic (exact) mass is 504 g/mol. The average molecular weight is 505 g/mol. The normalized spacial score (nSPS) is 17.3. The Labute approximate surface area is 211 Å². The number of hydrogen-bond donors (Lipinski definition) is 1. The van der Waals surface area contributed by atoms with Gasteiger partial charge in [0.2, 0.25) is 0 Å². The van der Waals surface area contributed by atoms with Crippen LogP contribution in [-0.2, 0) is 16.0 Å². The molecule has 1 saturated heterocycles. The molecule has 35 heavy (non-hydrogen) atoms. The summed E-state index contributed by atoms with van der Waals surface area (Å²) in [6.07, 6.45) is 0.874. The second-order valence-electron chi connectivity index (χ2n) is 8.10. The van der Waals surface area contributed by atoms with E-state index in [1.54, 1.807) is 55.6 Å². The number of ether oxygens (including phenoxy) is 1. The van der Waals surface area contributed by atoms with Crippen molar-refractivity contribution >= 4 is 55.7 Å². The first-order valence-electron chi connectivity index (χ1n) is 11.0. The minimum Gasteiger partial charge on any atom is -0.507 e. The van der Waals surface area contributed by atoms with Crippen molar-refractivity contribution in [3.8, 4) is 5.75 Å². The number of nitrogens with zero attached hydrogens (tertiary/aromatic N) is 2. The van der Waals surface area contributed by atoms with Crippen molar-refractivity contribution in [1.82, 2.24) is 4.98 Å². The maximum Gasteiger partial charge on any atom is 0.301 e. The van der Waals surface area contributed by atoms with Crippen LogP contribution in [-0.4, -0.2) is 28.9 Å². The number of anilines is 1. The van der Waals surface area contributed by atoms with E-state index < -0.39 is 17.7 Å². The van der Waals surface area contributed by atoms with Crippen molar-refractivity contribution in [2.45, 2.75) is 19.4 Å². The Balaban J connectivity index is 1.72. The Morgan fingerprint density at radius 2 is 1.89 bits per heavy atom. The molecule has 1 atom stereocenters. The maximum atomic E-state index is 13.4. The lowest BCUT2D eigenvalue weighted by molar-refractivity contribution is -0.132. The summed E-state index contributed by atoms with van der Waals surface area (Å²) in [6, 6.07) is 18.6. The van der Waals surface area contributed by atoms with Crippen LogP contribution in [0.1, 0.15) is 29.7 Å². The second kappa shape index (κ2) is 9.17. The van der Waals surface area contributed by atoms with Crippen LogP contribution in [0.5, 0.6) is 5.75 Å². The number of amides is 1. The maximum absolute atomic E-state index is 13.4. The SMILES string of the molecule is CCc1ccc2nc(N3C(=O)C(=O)/C(=C(/O)c4ccc(Cl)cc4)[C@H]3c3cccc(OC)c3)sc2c1. The molecule has 5 rings (SSSR count). The van der Waals surface area contributed by atoms with Gasteiger partial charge in [-0.15, -0.1) is 0 Å². The molecule has 176 valence electrons. The van der Waals surface area contributed by atoms with Gasteiger partial charge in [-0.3, -0.25) is 14.5 Å². The van der Waals surface area contributed by atoms with Crippen LogP contribution in [0.3, 0.4) is 0 Å². The predicted octanol–water partition coefficient (Wildman–Crippen LogP) is 6.15. The summed E-state index contributed by atoms with van der Waals surface area (Å²) in [5, 5.41) is 12.1. The molecule has 0 unspecified atom stereocenters. The number of hydrogen-bond acceptors (Lipinski definition) is 6. The average Bonchev–Trinajstić information content (AvgIpc) is 3.41. The zero-order valence-corrected chi connectivity index (χ0v) is 20.6. The molecule has 1 fully saturated rings. The van der Waals surface area contributed by atoms with Crippen molar-refractivity contribution in [2.75, 3.05) is 12.0 Å². The summed E-state index contributed by atoms with van der Waals surface area (Å²) in [6.45, 7) is 2.07. The van der Waals surface area contributed by atoms with Crippen molar-refractivity contribution in [3.63, 3.8) is 0 Å². The third-order valence-electron chi connectivity index (χ3n) is 6.03. The predicted molar refractivity (Wildman–Crippen MR) is 138 cm³/mol. The van der Waals surface area contributed by atoms with Gasteiger partial charge in [0.05, 0.1) is 28.9 Å². The van der Waals surface area contributed by atoms with E-state index >= 15 is 0 Å². The smallest absolute Gasteiger partial charge is 0.301 e. The van der Waals surface area contributed by atoms with Crippen LogP contribution < -0.4 is 9.64 Å². The molecule has 0 aliphatic carbocycles. The number of benzene rings is 3. The van der Waals surface area contributed by atoms with E-state index in [4.69, 9.17) is 16.3 Å². The number of aryl methyl sites for hydroxylation is 1. The summed E-state index contributed by atoms with van der Waals surface area (Å²) in [4.78, 5) is 32.8. The van der Waals surface area contributed by atoms with Gasteiger partial charge in [0.25, 0.3) is 5.78 Å². The second-order valence-corrected chi connectivity index (χ2v) is 9.55. The zero-order valence-electron chi connectivity index (χ0n) is 19.0. The van der Waals surface area contributed by atoms with Crippen LogP contribution in [0, 0.1) is 0 Å². The minimum atomic E-state index is -0.882. The minimum absolute atomic E-state index is 0.0147. The van der Waals surface area contributed by atoms with E-state index in [9.17, 15) is 14.7 Å². The summed E-state index contributed by atoms with van der Waals surface area (Å²) < 4.78 is 6.30. The van der Waals surface area contributed by atoms with Crippen molar-refractivity contribution in [2.24, 2.45) is 0 Å². The molecule has 1 aromatic heterocycles. The molecule has 0 spiro atoms. The number of aromatic nitrogens is 1. The first-order chi connectivity index (χ1) is 16.9. The Morgan fingerprint density at radius 3 is 2.60 bits per heavy atom. The number of carbonyl (C=O) groups is 2. The molecule has 1 amide bonds. The van der Waals surface area contributed by atoms with Crippen LogP contribution in [0.25, 0.3) is 16.0 Å².